The van der Waals surface area contributed by atoms with Crippen molar-refractivity contribution in [1.29, 1.82) is 0 Å². The van der Waals surface area contributed by atoms with Gasteiger partial charge >= 0.3 is 0 Å². The Morgan fingerprint density at radius 3 is 2.43 bits per heavy atom. The van der Waals surface area contributed by atoms with Gasteiger partial charge in [0.1, 0.15) is 0 Å². The topological polar surface area (TPSA) is 55.5 Å². The minimum atomic E-state index is -0.384. The van der Waals surface area contributed by atoms with E-state index in [0.717, 1.165) is 5.75 Å². The molecule has 4 heteroatoms. The Morgan fingerprint density at radius 2 is 2.00 bits per heavy atom. The summed E-state index contributed by atoms with van der Waals surface area (Å²) in [4.78, 5) is 0. The van der Waals surface area contributed by atoms with E-state index >= 15 is 0 Å². The monoisotopic (exact) mass is 221 g/mol. The molecule has 0 aromatic carbocycles. The molecule has 0 heterocycles. The molecule has 0 aromatic rings. The van der Waals surface area contributed by atoms with Crippen LogP contribution in [0.3, 0.4) is 0 Å². The Balaban J connectivity index is 3.40. The van der Waals surface area contributed by atoms with Gasteiger partial charge < -0.3 is 15.6 Å². The lowest BCUT2D eigenvalue weighted by Crippen LogP contribution is -2.35. The molecule has 0 aliphatic rings. The fraction of sp³-hybridized carbons (Fsp3) is 1.00. The van der Waals surface area contributed by atoms with Crippen LogP contribution in [0.5, 0.6) is 0 Å². The van der Waals surface area contributed by atoms with Gasteiger partial charge in [0.05, 0.1) is 18.8 Å². The lowest BCUT2D eigenvalue weighted by Gasteiger charge is -2.19. The van der Waals surface area contributed by atoms with Crippen molar-refractivity contribution in [3.63, 3.8) is 0 Å². The summed E-state index contributed by atoms with van der Waals surface area (Å²) >= 11 is 1.66. The lowest BCUT2D eigenvalue weighted by molar-refractivity contribution is 0.0152. The van der Waals surface area contributed by atoms with Crippen LogP contribution in [-0.2, 0) is 4.74 Å². The summed E-state index contributed by atoms with van der Waals surface area (Å²) < 4.78 is 5.29. The first-order valence-corrected chi connectivity index (χ1v) is 6.13. The van der Waals surface area contributed by atoms with Crippen LogP contribution in [0.1, 0.15) is 27.7 Å². The molecule has 14 heavy (non-hydrogen) atoms. The van der Waals surface area contributed by atoms with Crippen molar-refractivity contribution >= 4 is 11.8 Å². The van der Waals surface area contributed by atoms with Gasteiger partial charge in [-0.3, -0.25) is 0 Å². The van der Waals surface area contributed by atoms with E-state index in [1.54, 1.807) is 11.8 Å². The van der Waals surface area contributed by atoms with E-state index in [9.17, 15) is 5.11 Å². The zero-order chi connectivity index (χ0) is 11.2. The highest BCUT2D eigenvalue weighted by Crippen LogP contribution is 2.11. The number of thioether (sulfide) groups is 1. The van der Waals surface area contributed by atoms with Gasteiger partial charge in [0.2, 0.25) is 0 Å². The first-order chi connectivity index (χ1) is 6.31. The molecular weight excluding hydrogens is 198 g/mol. The maximum atomic E-state index is 9.51. The quantitative estimate of drug-likeness (QED) is 0.679. The molecule has 1 unspecified atom stereocenters. The standard InChI is InChI=1S/C10H23NO2S/c1-8(2)13-5-9(12)6-14-7-10(3,4)11/h8-9,12H,5-7,11H2,1-4H3. The Kier molecular flexibility index (Phi) is 6.78. The second kappa shape index (κ2) is 6.67. The third-order valence-corrected chi connectivity index (χ3v) is 2.97. The largest absolute Gasteiger partial charge is 0.390 e. The van der Waals surface area contributed by atoms with Gasteiger partial charge in [0.15, 0.2) is 0 Å². The summed E-state index contributed by atoms with van der Waals surface area (Å²) in [5.41, 5.74) is 5.65. The Hall–Kier alpha value is 0.230. The van der Waals surface area contributed by atoms with Crippen molar-refractivity contribution in [3.8, 4) is 0 Å². The summed E-state index contributed by atoms with van der Waals surface area (Å²) in [6, 6.07) is 0. The van der Waals surface area contributed by atoms with E-state index in [4.69, 9.17) is 10.5 Å². The summed E-state index contributed by atoms with van der Waals surface area (Å²) in [6.07, 6.45) is -0.203. The number of nitrogens with two attached hydrogens (primary N) is 1. The maximum Gasteiger partial charge on any atom is 0.0863 e. The van der Waals surface area contributed by atoms with Gasteiger partial charge in [-0.05, 0) is 27.7 Å². The average molecular weight is 221 g/mol. The van der Waals surface area contributed by atoms with Crippen LogP contribution in [0.15, 0.2) is 0 Å². The molecule has 0 saturated heterocycles. The molecule has 0 aliphatic carbocycles. The molecule has 3 nitrogen and oxygen atoms in total. The zero-order valence-corrected chi connectivity index (χ0v) is 10.4. The Bertz CT molecular complexity index is 146. The van der Waals surface area contributed by atoms with Crippen molar-refractivity contribution in [2.45, 2.75) is 45.4 Å². The Morgan fingerprint density at radius 1 is 1.43 bits per heavy atom. The number of aliphatic hydroxyl groups excluding tert-OH is 1. The summed E-state index contributed by atoms with van der Waals surface area (Å²) in [5, 5.41) is 9.51. The highest BCUT2D eigenvalue weighted by Gasteiger charge is 2.12. The first kappa shape index (κ1) is 14.2. The van der Waals surface area contributed by atoms with Crippen molar-refractivity contribution < 1.29 is 9.84 Å². The van der Waals surface area contributed by atoms with E-state index in [-0.39, 0.29) is 17.7 Å². The van der Waals surface area contributed by atoms with Crippen LogP contribution in [0.2, 0.25) is 0 Å². The van der Waals surface area contributed by atoms with E-state index in [1.165, 1.54) is 0 Å². The summed E-state index contributed by atoms with van der Waals surface area (Å²) in [6.45, 7) is 8.30. The van der Waals surface area contributed by atoms with Crippen molar-refractivity contribution in [1.82, 2.24) is 0 Å². The minimum absolute atomic E-state index is 0.163. The molecule has 0 bridgehead atoms. The molecule has 0 spiro atoms. The second-order valence-corrected chi connectivity index (χ2v) is 5.57. The molecule has 0 rings (SSSR count). The molecule has 0 aromatic heterocycles. The third kappa shape index (κ3) is 10.3. The Labute approximate surface area is 91.4 Å². The van der Waals surface area contributed by atoms with Crippen LogP contribution in [0.4, 0.5) is 0 Å². The molecule has 86 valence electrons. The van der Waals surface area contributed by atoms with Crippen molar-refractivity contribution in [2.75, 3.05) is 18.1 Å². The number of hydrogen-bond acceptors (Lipinski definition) is 4. The van der Waals surface area contributed by atoms with Gasteiger partial charge in [0.25, 0.3) is 0 Å². The van der Waals surface area contributed by atoms with Gasteiger partial charge in [0, 0.05) is 17.0 Å². The van der Waals surface area contributed by atoms with Crippen molar-refractivity contribution in [3.05, 3.63) is 0 Å². The lowest BCUT2D eigenvalue weighted by atomic mass is 10.1. The first-order valence-electron chi connectivity index (χ1n) is 4.97. The smallest absolute Gasteiger partial charge is 0.0863 e. The maximum absolute atomic E-state index is 9.51. The normalized spacial score (nSPS) is 14.8. The summed E-state index contributed by atoms with van der Waals surface area (Å²) in [5.74, 6) is 1.54. The van der Waals surface area contributed by atoms with E-state index in [0.29, 0.717) is 12.4 Å². The van der Waals surface area contributed by atoms with Crippen LogP contribution in [0, 0.1) is 0 Å². The molecule has 0 aliphatic heterocycles. The molecule has 0 radical (unpaired) electrons. The van der Waals surface area contributed by atoms with Gasteiger partial charge in [-0.2, -0.15) is 11.8 Å². The fourth-order valence-electron chi connectivity index (χ4n) is 0.810. The molecule has 0 amide bonds. The SMILES string of the molecule is CC(C)OCC(O)CSCC(C)(C)N. The van der Waals surface area contributed by atoms with Gasteiger partial charge in [-0.1, -0.05) is 0 Å². The molecule has 0 saturated carbocycles. The number of ether oxygens (including phenoxy) is 1. The second-order valence-electron chi connectivity index (χ2n) is 4.54. The van der Waals surface area contributed by atoms with E-state index < -0.39 is 0 Å². The van der Waals surface area contributed by atoms with Crippen LogP contribution in [-0.4, -0.2) is 41.0 Å². The number of aliphatic hydroxyl groups is 1. The van der Waals surface area contributed by atoms with Crippen LogP contribution >= 0.6 is 11.8 Å². The van der Waals surface area contributed by atoms with Crippen LogP contribution in [0.25, 0.3) is 0 Å². The van der Waals surface area contributed by atoms with Gasteiger partial charge in [-0.15, -0.1) is 0 Å². The molecule has 0 fully saturated rings. The molecule has 3 N–H and O–H groups in total. The highest BCUT2D eigenvalue weighted by molar-refractivity contribution is 7.99. The van der Waals surface area contributed by atoms with Crippen molar-refractivity contribution in [2.24, 2.45) is 5.73 Å². The third-order valence-electron chi connectivity index (χ3n) is 1.41. The molecule has 1 atom stereocenters. The number of rotatable bonds is 7. The average Bonchev–Trinajstić information content (AvgIpc) is 1.98. The zero-order valence-electron chi connectivity index (χ0n) is 9.62. The highest BCUT2D eigenvalue weighted by atomic mass is 32.2. The van der Waals surface area contributed by atoms with E-state index in [2.05, 4.69) is 0 Å². The predicted molar refractivity (Wildman–Crippen MR) is 62.7 cm³/mol. The predicted octanol–water partition coefficient (Wildman–Crippen LogP) is 1.24. The molecular formula is C10H23NO2S. The number of hydrogen-bond donors (Lipinski definition) is 2. The van der Waals surface area contributed by atoms with Crippen LogP contribution < -0.4 is 5.73 Å². The van der Waals surface area contributed by atoms with Gasteiger partial charge in [-0.25, -0.2) is 0 Å². The minimum Gasteiger partial charge on any atom is -0.390 e. The van der Waals surface area contributed by atoms with E-state index in [1.807, 2.05) is 27.7 Å². The summed E-state index contributed by atoms with van der Waals surface area (Å²) in [7, 11) is 0. The fourth-order valence-corrected chi connectivity index (χ4v) is 1.82.